The van der Waals surface area contributed by atoms with Gasteiger partial charge in [0.2, 0.25) is 0 Å². The molecule has 1 aromatic carbocycles. The lowest BCUT2D eigenvalue weighted by molar-refractivity contribution is 0.0949. The molecule has 2 rings (SSSR count). The third-order valence-corrected chi connectivity index (χ3v) is 3.64. The predicted molar refractivity (Wildman–Crippen MR) is 73.3 cm³/mol. The molecule has 98 valence electrons. The van der Waals surface area contributed by atoms with E-state index in [2.05, 4.69) is 10.7 Å². The van der Waals surface area contributed by atoms with Gasteiger partial charge >= 0.3 is 0 Å². The van der Waals surface area contributed by atoms with Crippen LogP contribution in [0, 0.1) is 12.8 Å². The molecule has 1 aliphatic rings. The monoisotopic (exact) mass is 247 g/mol. The lowest BCUT2D eigenvalue weighted by Gasteiger charge is -2.25. The van der Waals surface area contributed by atoms with Crippen molar-refractivity contribution in [2.75, 3.05) is 12.0 Å². The molecule has 0 radical (unpaired) electrons. The summed E-state index contributed by atoms with van der Waals surface area (Å²) in [7, 11) is 0. The number of nitrogen functional groups attached to an aromatic ring is 1. The van der Waals surface area contributed by atoms with Crippen LogP contribution in [0.1, 0.15) is 41.6 Å². The minimum absolute atomic E-state index is 0.0500. The Morgan fingerprint density at radius 3 is 2.83 bits per heavy atom. The van der Waals surface area contributed by atoms with Crippen LogP contribution in [-0.4, -0.2) is 12.5 Å². The number of carbonyl (C=O) groups excluding carboxylic acids is 1. The molecule has 0 atom stereocenters. The third kappa shape index (κ3) is 3.01. The highest BCUT2D eigenvalue weighted by atomic mass is 16.1. The molecule has 1 aromatic rings. The van der Waals surface area contributed by atoms with Gasteiger partial charge in [-0.05, 0) is 31.4 Å². The van der Waals surface area contributed by atoms with Crippen molar-refractivity contribution in [3.63, 3.8) is 0 Å². The molecule has 0 aromatic heterocycles. The Morgan fingerprint density at radius 1 is 1.44 bits per heavy atom. The summed E-state index contributed by atoms with van der Waals surface area (Å²) in [6.07, 6.45) is 5.06. The summed E-state index contributed by atoms with van der Waals surface area (Å²) in [6, 6.07) is 5.62. The smallest absolute Gasteiger partial charge is 0.253 e. The van der Waals surface area contributed by atoms with Gasteiger partial charge in [-0.25, -0.2) is 0 Å². The molecule has 4 nitrogen and oxygen atoms in total. The largest absolute Gasteiger partial charge is 0.352 e. The van der Waals surface area contributed by atoms with Crippen LogP contribution >= 0.6 is 0 Å². The fourth-order valence-electron chi connectivity index (χ4n) is 2.24. The Hall–Kier alpha value is -1.55. The normalized spacial score (nSPS) is 15.0. The Balaban J connectivity index is 1.92. The first kappa shape index (κ1) is 12.9. The summed E-state index contributed by atoms with van der Waals surface area (Å²) < 4.78 is 0. The first-order valence-electron chi connectivity index (χ1n) is 6.56. The molecule has 0 saturated heterocycles. The quantitative estimate of drug-likeness (QED) is 0.552. The molecule has 18 heavy (non-hydrogen) atoms. The number of hydrogen-bond donors (Lipinski definition) is 3. The molecule has 0 spiro atoms. The number of anilines is 1. The van der Waals surface area contributed by atoms with Crippen molar-refractivity contribution in [2.24, 2.45) is 11.8 Å². The van der Waals surface area contributed by atoms with E-state index in [1.807, 2.05) is 25.1 Å². The first-order valence-corrected chi connectivity index (χ1v) is 6.56. The van der Waals surface area contributed by atoms with Crippen LogP contribution < -0.4 is 16.6 Å². The molecule has 0 aliphatic heterocycles. The Kier molecular flexibility index (Phi) is 4.20. The average Bonchev–Trinajstić information content (AvgIpc) is 2.32. The second-order valence-corrected chi connectivity index (χ2v) is 5.03. The Morgan fingerprint density at radius 2 is 2.22 bits per heavy atom. The van der Waals surface area contributed by atoms with E-state index >= 15 is 0 Å². The van der Waals surface area contributed by atoms with E-state index in [1.165, 1.54) is 19.3 Å². The van der Waals surface area contributed by atoms with E-state index in [4.69, 9.17) is 5.84 Å². The van der Waals surface area contributed by atoms with Gasteiger partial charge in [0, 0.05) is 6.54 Å². The fourth-order valence-corrected chi connectivity index (χ4v) is 2.24. The second-order valence-electron chi connectivity index (χ2n) is 5.03. The molecular weight excluding hydrogens is 226 g/mol. The van der Waals surface area contributed by atoms with Gasteiger partial charge in [0.05, 0.1) is 11.3 Å². The van der Waals surface area contributed by atoms with Crippen molar-refractivity contribution in [1.82, 2.24) is 5.32 Å². The molecule has 1 amide bonds. The van der Waals surface area contributed by atoms with Crippen molar-refractivity contribution >= 4 is 11.6 Å². The van der Waals surface area contributed by atoms with Crippen molar-refractivity contribution in [3.05, 3.63) is 29.3 Å². The molecule has 0 bridgehead atoms. The van der Waals surface area contributed by atoms with Gasteiger partial charge in [-0.1, -0.05) is 30.9 Å². The summed E-state index contributed by atoms with van der Waals surface area (Å²) in [4.78, 5) is 12.1. The topological polar surface area (TPSA) is 67.1 Å². The van der Waals surface area contributed by atoms with Crippen LogP contribution in [0.25, 0.3) is 0 Å². The zero-order chi connectivity index (χ0) is 13.0. The molecule has 1 fully saturated rings. The van der Waals surface area contributed by atoms with Crippen LogP contribution in [0.15, 0.2) is 18.2 Å². The number of nitrogens with one attached hydrogen (secondary N) is 2. The van der Waals surface area contributed by atoms with Gasteiger partial charge in [-0.2, -0.15) is 0 Å². The van der Waals surface area contributed by atoms with Gasteiger partial charge < -0.3 is 10.7 Å². The zero-order valence-electron chi connectivity index (χ0n) is 10.8. The number of benzene rings is 1. The highest BCUT2D eigenvalue weighted by Crippen LogP contribution is 2.28. The van der Waals surface area contributed by atoms with Gasteiger partial charge in [0.15, 0.2) is 0 Å². The maximum absolute atomic E-state index is 12.1. The number of hydrogen-bond acceptors (Lipinski definition) is 3. The minimum Gasteiger partial charge on any atom is -0.352 e. The summed E-state index contributed by atoms with van der Waals surface area (Å²) in [5, 5.41) is 2.97. The highest BCUT2D eigenvalue weighted by Gasteiger charge is 2.17. The Labute approximate surface area is 108 Å². The van der Waals surface area contributed by atoms with E-state index in [-0.39, 0.29) is 5.91 Å². The summed E-state index contributed by atoms with van der Waals surface area (Å²) in [6.45, 7) is 2.72. The van der Waals surface area contributed by atoms with E-state index in [9.17, 15) is 4.79 Å². The molecule has 0 unspecified atom stereocenters. The number of hydrazine groups is 1. The maximum atomic E-state index is 12.1. The third-order valence-electron chi connectivity index (χ3n) is 3.64. The number of amides is 1. The lowest BCUT2D eigenvalue weighted by Crippen LogP contribution is -2.28. The summed E-state index contributed by atoms with van der Waals surface area (Å²) in [5.41, 5.74) is 4.90. The van der Waals surface area contributed by atoms with Gasteiger partial charge in [0.1, 0.15) is 0 Å². The van der Waals surface area contributed by atoms with Crippen molar-refractivity contribution in [1.29, 1.82) is 0 Å². The van der Waals surface area contributed by atoms with Crippen molar-refractivity contribution < 1.29 is 4.79 Å². The van der Waals surface area contributed by atoms with Crippen molar-refractivity contribution in [2.45, 2.75) is 32.6 Å². The van der Waals surface area contributed by atoms with E-state index < -0.39 is 0 Å². The first-order chi connectivity index (χ1) is 8.70. The fraction of sp³-hybridized carbons (Fsp3) is 0.500. The number of aryl methyl sites for hydroxylation is 1. The molecular formula is C14H21N3O. The van der Waals surface area contributed by atoms with Crippen LogP contribution in [0.5, 0.6) is 0 Å². The lowest BCUT2D eigenvalue weighted by atomic mass is 9.83. The van der Waals surface area contributed by atoms with Crippen LogP contribution in [0.4, 0.5) is 5.69 Å². The van der Waals surface area contributed by atoms with E-state index in [1.54, 1.807) is 0 Å². The maximum Gasteiger partial charge on any atom is 0.253 e. The molecule has 1 aliphatic carbocycles. The Bertz CT molecular complexity index is 427. The van der Waals surface area contributed by atoms with Gasteiger partial charge in [0.25, 0.3) is 5.91 Å². The molecule has 0 heterocycles. The van der Waals surface area contributed by atoms with Crippen LogP contribution in [-0.2, 0) is 0 Å². The SMILES string of the molecule is Cc1ccc(NN)c(C(=O)NCCC2CCC2)c1. The highest BCUT2D eigenvalue weighted by molar-refractivity contribution is 5.99. The van der Waals surface area contributed by atoms with Crippen LogP contribution in [0.2, 0.25) is 0 Å². The standard InChI is InChI=1S/C14H21N3O/c1-10-5-6-13(17-15)12(9-10)14(18)16-8-7-11-3-2-4-11/h5-6,9,11,17H,2-4,7-8,15H2,1H3,(H,16,18). The van der Waals surface area contributed by atoms with Gasteiger partial charge in [-0.3, -0.25) is 10.6 Å². The molecule has 4 N–H and O–H groups in total. The molecule has 4 heteroatoms. The summed E-state index contributed by atoms with van der Waals surface area (Å²) >= 11 is 0. The number of carbonyl (C=O) groups is 1. The average molecular weight is 247 g/mol. The van der Waals surface area contributed by atoms with Crippen molar-refractivity contribution in [3.8, 4) is 0 Å². The number of nitrogens with two attached hydrogens (primary N) is 1. The molecule has 1 saturated carbocycles. The predicted octanol–water partition coefficient (Wildman–Crippen LogP) is 2.20. The van der Waals surface area contributed by atoms with E-state index in [0.29, 0.717) is 11.3 Å². The number of rotatable bonds is 5. The van der Waals surface area contributed by atoms with Crippen LogP contribution in [0.3, 0.4) is 0 Å². The minimum atomic E-state index is -0.0500. The van der Waals surface area contributed by atoms with Gasteiger partial charge in [-0.15, -0.1) is 0 Å². The van der Waals surface area contributed by atoms with E-state index in [0.717, 1.165) is 24.4 Å². The zero-order valence-corrected chi connectivity index (χ0v) is 10.8. The second kappa shape index (κ2) is 5.87. The summed E-state index contributed by atoms with van der Waals surface area (Å²) in [5.74, 6) is 6.18.